The van der Waals surface area contributed by atoms with E-state index in [2.05, 4.69) is 5.32 Å². The van der Waals surface area contributed by atoms with E-state index >= 15 is 0 Å². The molecule has 0 aliphatic heterocycles. The summed E-state index contributed by atoms with van der Waals surface area (Å²) in [6.07, 6.45) is 2.07. The molecule has 33 heavy (non-hydrogen) atoms. The second kappa shape index (κ2) is 11.9. The average Bonchev–Trinajstić information content (AvgIpc) is 2.77. The van der Waals surface area contributed by atoms with Crippen molar-refractivity contribution in [3.05, 3.63) is 45.4 Å². The second-order valence-corrected chi connectivity index (χ2v) is 10.1. The van der Waals surface area contributed by atoms with E-state index < -0.39 is 15.9 Å². The molecule has 0 unspecified atom stereocenters. The van der Waals surface area contributed by atoms with E-state index in [0.717, 1.165) is 12.8 Å². The third kappa shape index (κ3) is 6.32. The predicted octanol–water partition coefficient (Wildman–Crippen LogP) is 5.72. The monoisotopic (exact) mass is 516 g/mol. The number of carbonyl (C=O) groups is 1. The molecule has 2 N–H and O–H groups in total. The summed E-state index contributed by atoms with van der Waals surface area (Å²) in [4.78, 5) is 13.1. The van der Waals surface area contributed by atoms with Crippen molar-refractivity contribution >= 4 is 44.8 Å². The van der Waals surface area contributed by atoms with E-state index in [-0.39, 0.29) is 31.9 Å². The van der Waals surface area contributed by atoms with Crippen molar-refractivity contribution in [2.75, 3.05) is 25.0 Å². The largest absolute Gasteiger partial charge is 0.505 e. The Morgan fingerprint density at radius 3 is 2.15 bits per heavy atom. The smallest absolute Gasteiger partial charge is 0.255 e. The number of sulfonamides is 1. The minimum atomic E-state index is -3.77. The number of nitrogens with one attached hydrogen (secondary N) is 1. The van der Waals surface area contributed by atoms with Crippen LogP contribution in [0, 0.1) is 0 Å². The quantitative estimate of drug-likeness (QED) is 0.397. The molecule has 0 radical (unpaired) electrons. The van der Waals surface area contributed by atoms with Crippen molar-refractivity contribution in [3.63, 3.8) is 0 Å². The summed E-state index contributed by atoms with van der Waals surface area (Å²) in [5.41, 5.74) is 1.04. The van der Waals surface area contributed by atoms with Crippen molar-refractivity contribution in [1.82, 2.24) is 4.31 Å². The minimum Gasteiger partial charge on any atom is -0.505 e. The first-order chi connectivity index (χ1) is 15.6. The Morgan fingerprint density at radius 1 is 1.03 bits per heavy atom. The number of carbonyl (C=O) groups excluding carboxylic acids is 1. The number of benzene rings is 2. The van der Waals surface area contributed by atoms with E-state index in [1.54, 1.807) is 19.9 Å². The molecule has 0 aromatic heterocycles. The Hall–Kier alpha value is -2.00. The lowest BCUT2D eigenvalue weighted by Crippen LogP contribution is -2.30. The Labute approximate surface area is 205 Å². The van der Waals surface area contributed by atoms with Crippen molar-refractivity contribution < 1.29 is 23.1 Å². The van der Waals surface area contributed by atoms with Crippen LogP contribution in [0.5, 0.6) is 11.5 Å². The fraction of sp³-hybridized carbons (Fsp3) is 0.435. The summed E-state index contributed by atoms with van der Waals surface area (Å²) >= 11 is 11.9. The Morgan fingerprint density at radius 2 is 1.64 bits per heavy atom. The van der Waals surface area contributed by atoms with Gasteiger partial charge in [0.2, 0.25) is 10.0 Å². The maximum absolute atomic E-state index is 13.2. The fourth-order valence-electron chi connectivity index (χ4n) is 3.33. The van der Waals surface area contributed by atoms with E-state index in [1.165, 1.54) is 22.5 Å². The number of amides is 1. The van der Waals surface area contributed by atoms with Gasteiger partial charge in [0.05, 0.1) is 27.2 Å². The molecule has 2 aromatic rings. The van der Waals surface area contributed by atoms with Gasteiger partial charge in [-0.15, -0.1) is 0 Å². The molecule has 182 valence electrons. The summed E-state index contributed by atoms with van der Waals surface area (Å²) < 4.78 is 33.7. The van der Waals surface area contributed by atoms with Gasteiger partial charge in [-0.3, -0.25) is 4.79 Å². The van der Waals surface area contributed by atoms with Crippen LogP contribution in [0.1, 0.15) is 56.5 Å². The molecule has 10 heteroatoms. The van der Waals surface area contributed by atoms with Gasteiger partial charge in [-0.05, 0) is 42.7 Å². The topological polar surface area (TPSA) is 95.9 Å². The van der Waals surface area contributed by atoms with Gasteiger partial charge in [-0.2, -0.15) is 4.31 Å². The molecule has 7 nitrogen and oxygen atoms in total. The van der Waals surface area contributed by atoms with Crippen molar-refractivity contribution in [1.29, 1.82) is 0 Å². The van der Waals surface area contributed by atoms with Crippen LogP contribution in [0.4, 0.5) is 5.69 Å². The summed E-state index contributed by atoms with van der Waals surface area (Å²) in [5, 5.41) is 12.4. The molecule has 0 heterocycles. The van der Waals surface area contributed by atoms with Gasteiger partial charge < -0.3 is 15.2 Å². The van der Waals surface area contributed by atoms with Gasteiger partial charge in [0.1, 0.15) is 5.75 Å². The maximum atomic E-state index is 13.2. The van der Waals surface area contributed by atoms with Crippen LogP contribution in [0.2, 0.25) is 10.0 Å². The van der Waals surface area contributed by atoms with Crippen LogP contribution in [0.25, 0.3) is 0 Å². The minimum absolute atomic E-state index is 0.0698. The summed E-state index contributed by atoms with van der Waals surface area (Å²) in [5.74, 6) is -0.457. The van der Waals surface area contributed by atoms with Crippen LogP contribution >= 0.6 is 23.2 Å². The molecule has 0 aliphatic carbocycles. The third-order valence-corrected chi connectivity index (χ3v) is 7.58. The normalized spacial score (nSPS) is 11.6. The summed E-state index contributed by atoms with van der Waals surface area (Å²) in [7, 11) is -3.77. The molecule has 1 amide bonds. The highest BCUT2D eigenvalue weighted by Crippen LogP contribution is 2.36. The summed E-state index contributed by atoms with van der Waals surface area (Å²) in [6, 6.07) is 5.60. The maximum Gasteiger partial charge on any atom is 0.255 e. The number of hydrogen-bond acceptors (Lipinski definition) is 5. The molecule has 0 fully saturated rings. The molecule has 0 saturated carbocycles. The van der Waals surface area contributed by atoms with Crippen LogP contribution in [-0.2, 0) is 16.4 Å². The van der Waals surface area contributed by atoms with Crippen LogP contribution in [0.15, 0.2) is 29.2 Å². The molecular formula is C23H30Cl2N2O5S. The van der Waals surface area contributed by atoms with Gasteiger partial charge in [-0.25, -0.2) is 8.42 Å². The van der Waals surface area contributed by atoms with Crippen LogP contribution in [-0.4, -0.2) is 43.4 Å². The average molecular weight is 517 g/mol. The lowest BCUT2D eigenvalue weighted by molar-refractivity contribution is 0.102. The van der Waals surface area contributed by atoms with Gasteiger partial charge in [0.15, 0.2) is 5.75 Å². The van der Waals surface area contributed by atoms with Crippen LogP contribution in [0.3, 0.4) is 0 Å². The molecular weight excluding hydrogens is 487 g/mol. The number of anilines is 1. The first kappa shape index (κ1) is 27.2. The molecule has 0 bridgehead atoms. The van der Waals surface area contributed by atoms with Gasteiger partial charge in [0.25, 0.3) is 5.91 Å². The number of aryl methyl sites for hydroxylation is 1. The molecule has 2 aromatic carbocycles. The zero-order chi connectivity index (χ0) is 24.8. The number of nitrogens with zero attached hydrogens (tertiary/aromatic N) is 1. The highest BCUT2D eigenvalue weighted by molar-refractivity contribution is 7.89. The second-order valence-electron chi connectivity index (χ2n) is 7.39. The number of ether oxygens (including phenoxy) is 1. The third-order valence-electron chi connectivity index (χ3n) is 4.98. The molecule has 0 spiro atoms. The Bertz CT molecular complexity index is 1080. The van der Waals surface area contributed by atoms with E-state index in [1.807, 2.05) is 13.8 Å². The predicted molar refractivity (Wildman–Crippen MR) is 132 cm³/mol. The van der Waals surface area contributed by atoms with E-state index in [4.69, 9.17) is 27.9 Å². The first-order valence-corrected chi connectivity index (χ1v) is 13.1. The number of phenolic OH excluding ortho intramolecular Hbond substituents is 1. The number of hydrogen-bond donors (Lipinski definition) is 2. The Balaban J connectivity index is 2.64. The number of halogens is 2. The zero-order valence-electron chi connectivity index (χ0n) is 19.2. The van der Waals surface area contributed by atoms with Crippen molar-refractivity contribution in [2.45, 2.75) is 51.9 Å². The first-order valence-electron chi connectivity index (χ1n) is 10.9. The fourth-order valence-corrected chi connectivity index (χ4v) is 5.36. The highest BCUT2D eigenvalue weighted by Gasteiger charge is 2.26. The van der Waals surface area contributed by atoms with Gasteiger partial charge in [-0.1, -0.05) is 57.3 Å². The number of phenols is 1. The van der Waals surface area contributed by atoms with Gasteiger partial charge >= 0.3 is 0 Å². The van der Waals surface area contributed by atoms with Gasteiger partial charge in [0, 0.05) is 18.7 Å². The highest BCUT2D eigenvalue weighted by atomic mass is 35.5. The molecule has 0 atom stereocenters. The zero-order valence-corrected chi connectivity index (χ0v) is 21.6. The van der Waals surface area contributed by atoms with E-state index in [0.29, 0.717) is 37.4 Å². The van der Waals surface area contributed by atoms with Crippen molar-refractivity contribution in [3.8, 4) is 11.5 Å². The standard InChI is InChI=1S/C23H30Cl2N2O5S/c1-5-9-15-11-17(33(30,31)27(7-3)8-4)14-20(22(15)32-10-6-2)26-23(29)16-12-18(24)21(28)19(25)13-16/h11-14,28H,5-10H2,1-4H3,(H,26,29). The lowest BCUT2D eigenvalue weighted by atomic mass is 10.1. The van der Waals surface area contributed by atoms with Crippen molar-refractivity contribution in [2.24, 2.45) is 0 Å². The number of rotatable bonds is 11. The molecule has 0 aliphatic rings. The lowest BCUT2D eigenvalue weighted by Gasteiger charge is -2.22. The summed E-state index contributed by atoms with van der Waals surface area (Å²) in [6.45, 7) is 8.52. The Kier molecular flexibility index (Phi) is 9.84. The van der Waals surface area contributed by atoms with Crippen LogP contribution < -0.4 is 10.1 Å². The molecule has 2 rings (SSSR count). The number of aromatic hydroxyl groups is 1. The molecule has 0 saturated heterocycles. The SMILES string of the molecule is CCCOc1c(CCC)cc(S(=O)(=O)N(CC)CC)cc1NC(=O)c1cc(Cl)c(O)c(Cl)c1. The van der Waals surface area contributed by atoms with E-state index in [9.17, 15) is 18.3 Å².